The summed E-state index contributed by atoms with van der Waals surface area (Å²) in [5.41, 5.74) is 0.990. The molecular formula is C17H21ClN3O3S2+. The molecule has 26 heavy (non-hydrogen) atoms. The van der Waals surface area contributed by atoms with Crippen LogP contribution in [0.5, 0.6) is 0 Å². The fourth-order valence-corrected chi connectivity index (χ4v) is 5.56. The minimum absolute atomic E-state index is 0.0375. The van der Waals surface area contributed by atoms with Gasteiger partial charge in [0.25, 0.3) is 15.9 Å². The van der Waals surface area contributed by atoms with Crippen LogP contribution < -0.4 is 10.2 Å². The van der Waals surface area contributed by atoms with Crippen LogP contribution in [0.15, 0.2) is 46.0 Å². The number of carbonyl (C=O) groups excluding carboxylic acids is 1. The molecule has 0 bridgehead atoms. The average molecular weight is 415 g/mol. The molecule has 0 unspecified atom stereocenters. The first-order valence-corrected chi connectivity index (χ1v) is 11.0. The van der Waals surface area contributed by atoms with Crippen molar-refractivity contribution in [3.05, 3.63) is 52.4 Å². The highest BCUT2D eigenvalue weighted by Crippen LogP contribution is 2.20. The number of sulfonamides is 1. The average Bonchev–Trinajstić information content (AvgIpc) is 3.17. The largest absolute Gasteiger partial charge is 0.347 e. The number of quaternary nitrogens is 1. The molecule has 2 heterocycles. The number of amides is 1. The van der Waals surface area contributed by atoms with E-state index in [0.717, 1.165) is 10.5 Å². The van der Waals surface area contributed by atoms with Crippen LogP contribution in [0.25, 0.3) is 0 Å². The van der Waals surface area contributed by atoms with Gasteiger partial charge in [0.2, 0.25) is 0 Å². The smallest absolute Gasteiger partial charge is 0.275 e. The van der Waals surface area contributed by atoms with E-state index in [4.69, 9.17) is 11.6 Å². The Bertz CT molecular complexity index is 831. The molecule has 1 saturated heterocycles. The Morgan fingerprint density at radius 1 is 1.19 bits per heavy atom. The van der Waals surface area contributed by atoms with Gasteiger partial charge >= 0.3 is 0 Å². The fourth-order valence-electron chi connectivity index (χ4n) is 2.85. The van der Waals surface area contributed by atoms with Gasteiger partial charge in [-0.25, -0.2) is 8.42 Å². The van der Waals surface area contributed by atoms with Gasteiger partial charge in [0.05, 0.1) is 26.2 Å². The van der Waals surface area contributed by atoms with Crippen LogP contribution >= 0.6 is 22.9 Å². The Morgan fingerprint density at radius 3 is 2.50 bits per heavy atom. The molecule has 140 valence electrons. The molecule has 1 aliphatic rings. The van der Waals surface area contributed by atoms with Crippen LogP contribution in [0, 0.1) is 0 Å². The van der Waals surface area contributed by atoms with E-state index < -0.39 is 10.0 Å². The van der Waals surface area contributed by atoms with Crippen molar-refractivity contribution in [2.75, 3.05) is 32.7 Å². The van der Waals surface area contributed by atoms with Gasteiger partial charge in [-0.1, -0.05) is 29.8 Å². The molecule has 1 amide bonds. The Balaban J connectivity index is 1.45. The maximum atomic E-state index is 12.5. The summed E-state index contributed by atoms with van der Waals surface area (Å²) in [4.78, 5) is 13.2. The zero-order valence-corrected chi connectivity index (χ0v) is 16.5. The van der Waals surface area contributed by atoms with Gasteiger partial charge in [0.15, 0.2) is 6.54 Å². The predicted molar refractivity (Wildman–Crippen MR) is 102 cm³/mol. The van der Waals surface area contributed by atoms with Crippen molar-refractivity contribution < 1.29 is 18.1 Å². The Labute approximate surface area is 162 Å². The summed E-state index contributed by atoms with van der Waals surface area (Å²) in [5, 5.41) is 5.33. The standard InChI is InChI=1S/C17H20ClN3O3S2/c18-15-5-3-14(4-6-15)12-19-16(22)13-20-7-9-21(10-8-20)26(23,24)17-2-1-11-25-17/h1-6,11H,7-10,12-13H2,(H,19,22)/p+1. The third kappa shape index (κ3) is 4.83. The van der Waals surface area contributed by atoms with E-state index in [0.29, 0.717) is 48.5 Å². The summed E-state index contributed by atoms with van der Waals surface area (Å²) >= 11 is 7.07. The van der Waals surface area contributed by atoms with E-state index in [1.165, 1.54) is 15.6 Å². The van der Waals surface area contributed by atoms with Crippen molar-refractivity contribution >= 4 is 38.9 Å². The number of nitrogens with one attached hydrogen (secondary N) is 2. The van der Waals surface area contributed by atoms with E-state index in [-0.39, 0.29) is 5.91 Å². The lowest BCUT2D eigenvalue weighted by molar-refractivity contribution is -0.895. The molecular weight excluding hydrogens is 394 g/mol. The maximum absolute atomic E-state index is 12.5. The van der Waals surface area contributed by atoms with E-state index in [9.17, 15) is 13.2 Å². The molecule has 0 aliphatic carbocycles. The number of hydrogen-bond donors (Lipinski definition) is 2. The molecule has 1 aromatic heterocycles. The normalized spacial score (nSPS) is 16.5. The molecule has 0 saturated carbocycles. The number of thiophene rings is 1. The quantitative estimate of drug-likeness (QED) is 0.727. The predicted octanol–water partition coefficient (Wildman–Crippen LogP) is 0.607. The lowest BCUT2D eigenvalue weighted by Crippen LogP contribution is -3.15. The molecule has 0 atom stereocenters. The molecule has 3 rings (SSSR count). The third-order valence-electron chi connectivity index (χ3n) is 4.33. The van der Waals surface area contributed by atoms with Crippen LogP contribution in [0.2, 0.25) is 5.02 Å². The summed E-state index contributed by atoms with van der Waals surface area (Å²) in [6, 6.07) is 10.7. The van der Waals surface area contributed by atoms with Crippen LogP contribution in [-0.2, 0) is 21.4 Å². The second-order valence-corrected chi connectivity index (χ2v) is 9.72. The zero-order chi connectivity index (χ0) is 18.6. The molecule has 0 radical (unpaired) electrons. The number of hydrogen-bond acceptors (Lipinski definition) is 4. The van der Waals surface area contributed by atoms with Crippen molar-refractivity contribution in [1.82, 2.24) is 9.62 Å². The molecule has 0 spiro atoms. The van der Waals surface area contributed by atoms with Crippen molar-refractivity contribution in [2.45, 2.75) is 10.8 Å². The second-order valence-electron chi connectivity index (χ2n) is 6.17. The SMILES string of the molecule is O=C(C[NH+]1CCN(S(=O)(=O)c2cccs2)CC1)NCc1ccc(Cl)cc1. The van der Waals surface area contributed by atoms with Gasteiger partial charge in [-0.05, 0) is 29.1 Å². The lowest BCUT2D eigenvalue weighted by atomic mass is 10.2. The minimum Gasteiger partial charge on any atom is -0.347 e. The van der Waals surface area contributed by atoms with Gasteiger partial charge in [0.1, 0.15) is 4.21 Å². The lowest BCUT2D eigenvalue weighted by Gasteiger charge is -2.30. The van der Waals surface area contributed by atoms with Crippen LogP contribution in [-0.4, -0.2) is 51.4 Å². The Hall–Kier alpha value is -1.45. The first-order valence-electron chi connectivity index (χ1n) is 8.33. The number of piperazine rings is 1. The van der Waals surface area contributed by atoms with Crippen molar-refractivity contribution in [2.24, 2.45) is 0 Å². The number of carbonyl (C=O) groups is 1. The van der Waals surface area contributed by atoms with E-state index in [1.54, 1.807) is 29.6 Å². The number of benzene rings is 1. The van der Waals surface area contributed by atoms with Gasteiger partial charge < -0.3 is 10.2 Å². The number of nitrogens with zero attached hydrogens (tertiary/aromatic N) is 1. The Kier molecular flexibility index (Phi) is 6.31. The number of halogens is 1. The first kappa shape index (κ1) is 19.3. The van der Waals surface area contributed by atoms with Crippen LogP contribution in [0.4, 0.5) is 0 Å². The summed E-state index contributed by atoms with van der Waals surface area (Å²) < 4.78 is 26.9. The molecule has 1 aliphatic heterocycles. The molecule has 2 N–H and O–H groups in total. The summed E-state index contributed by atoms with van der Waals surface area (Å²) in [5.74, 6) is -0.0375. The fraction of sp³-hybridized carbons (Fsp3) is 0.353. The van der Waals surface area contributed by atoms with Crippen molar-refractivity contribution in [3.63, 3.8) is 0 Å². The molecule has 9 heteroatoms. The zero-order valence-electron chi connectivity index (χ0n) is 14.2. The maximum Gasteiger partial charge on any atom is 0.275 e. The summed E-state index contributed by atoms with van der Waals surface area (Å²) in [7, 11) is -3.39. The molecule has 1 aromatic carbocycles. The van der Waals surface area contributed by atoms with Gasteiger partial charge in [0, 0.05) is 11.6 Å². The molecule has 1 fully saturated rings. The van der Waals surface area contributed by atoms with Crippen molar-refractivity contribution in [1.29, 1.82) is 0 Å². The minimum atomic E-state index is -3.39. The second kappa shape index (κ2) is 8.49. The van der Waals surface area contributed by atoms with E-state index in [1.807, 2.05) is 12.1 Å². The highest BCUT2D eigenvalue weighted by Gasteiger charge is 2.31. The molecule has 2 aromatic rings. The number of rotatable bonds is 6. The van der Waals surface area contributed by atoms with E-state index in [2.05, 4.69) is 5.32 Å². The Morgan fingerprint density at radius 2 is 1.88 bits per heavy atom. The van der Waals surface area contributed by atoms with Gasteiger partial charge in [-0.3, -0.25) is 4.79 Å². The van der Waals surface area contributed by atoms with Gasteiger partial charge in [-0.2, -0.15) is 4.31 Å². The monoisotopic (exact) mass is 414 g/mol. The first-order chi connectivity index (χ1) is 12.4. The highest BCUT2D eigenvalue weighted by molar-refractivity contribution is 7.91. The van der Waals surface area contributed by atoms with Crippen LogP contribution in [0.1, 0.15) is 5.56 Å². The van der Waals surface area contributed by atoms with E-state index >= 15 is 0 Å². The summed E-state index contributed by atoms with van der Waals surface area (Å²) in [6.07, 6.45) is 0. The molecule has 6 nitrogen and oxygen atoms in total. The third-order valence-corrected chi connectivity index (χ3v) is 7.86. The topological polar surface area (TPSA) is 70.9 Å². The van der Waals surface area contributed by atoms with Gasteiger partial charge in [-0.15, -0.1) is 11.3 Å². The van der Waals surface area contributed by atoms with Crippen LogP contribution in [0.3, 0.4) is 0 Å². The highest BCUT2D eigenvalue weighted by atomic mass is 35.5. The summed E-state index contributed by atoms with van der Waals surface area (Å²) in [6.45, 7) is 2.92. The van der Waals surface area contributed by atoms with Crippen molar-refractivity contribution in [3.8, 4) is 0 Å².